The van der Waals surface area contributed by atoms with Gasteiger partial charge >= 0.3 is 0 Å². The maximum atomic E-state index is 11.8. The van der Waals surface area contributed by atoms with Crippen molar-refractivity contribution in [2.24, 2.45) is 17.6 Å². The van der Waals surface area contributed by atoms with Gasteiger partial charge in [0.1, 0.15) is 0 Å². The molecule has 1 aliphatic rings. The van der Waals surface area contributed by atoms with Gasteiger partial charge in [-0.05, 0) is 37.6 Å². The van der Waals surface area contributed by atoms with Crippen molar-refractivity contribution in [2.45, 2.75) is 58.4 Å². The van der Waals surface area contributed by atoms with Crippen molar-refractivity contribution < 1.29 is 9.59 Å². The lowest BCUT2D eigenvalue weighted by Gasteiger charge is -2.31. The molecular formula is C15H30ClN3O2. The number of carbonyl (C=O) groups excluding carboxylic acids is 2. The maximum Gasteiger partial charge on any atom is 0.239 e. The third kappa shape index (κ3) is 8.27. The molecule has 2 atom stereocenters. The van der Waals surface area contributed by atoms with Gasteiger partial charge in [-0.2, -0.15) is 0 Å². The van der Waals surface area contributed by atoms with Gasteiger partial charge in [-0.15, -0.1) is 12.4 Å². The molecule has 1 fully saturated rings. The molecule has 0 aliphatic heterocycles. The second-order valence-electron chi connectivity index (χ2n) is 6.16. The van der Waals surface area contributed by atoms with E-state index in [1.807, 2.05) is 0 Å². The van der Waals surface area contributed by atoms with E-state index >= 15 is 0 Å². The number of amides is 2. The first-order valence-electron chi connectivity index (χ1n) is 7.79. The van der Waals surface area contributed by atoms with Crippen LogP contribution in [0.25, 0.3) is 0 Å². The van der Waals surface area contributed by atoms with Crippen LogP contribution in [0.2, 0.25) is 0 Å². The van der Waals surface area contributed by atoms with E-state index in [1.54, 1.807) is 0 Å². The first-order chi connectivity index (χ1) is 9.52. The Balaban J connectivity index is 0.00000400. The summed E-state index contributed by atoms with van der Waals surface area (Å²) in [6.45, 7) is 4.85. The first-order valence-corrected chi connectivity index (χ1v) is 7.79. The van der Waals surface area contributed by atoms with Crippen LogP contribution in [0, 0.1) is 11.8 Å². The van der Waals surface area contributed by atoms with Crippen LogP contribution in [0.4, 0.5) is 0 Å². The Labute approximate surface area is 134 Å². The summed E-state index contributed by atoms with van der Waals surface area (Å²) in [5.41, 5.74) is 5.74. The Bertz CT molecular complexity index is 324. The van der Waals surface area contributed by atoms with Gasteiger partial charge in [0.05, 0.1) is 6.54 Å². The highest BCUT2D eigenvalue weighted by Crippen LogP contribution is 2.23. The van der Waals surface area contributed by atoms with Crippen LogP contribution in [0.1, 0.15) is 52.4 Å². The van der Waals surface area contributed by atoms with Gasteiger partial charge in [-0.25, -0.2) is 0 Å². The molecule has 0 spiro atoms. The fourth-order valence-corrected chi connectivity index (χ4v) is 2.62. The third-order valence-corrected chi connectivity index (χ3v) is 3.95. The Hall–Kier alpha value is -0.810. The average molecular weight is 320 g/mol. The normalized spacial score (nSPS) is 21.5. The summed E-state index contributed by atoms with van der Waals surface area (Å²) in [5, 5.41) is 5.68. The molecule has 21 heavy (non-hydrogen) atoms. The van der Waals surface area contributed by atoms with Crippen molar-refractivity contribution in [1.82, 2.24) is 10.6 Å². The molecule has 0 aromatic rings. The second-order valence-corrected chi connectivity index (χ2v) is 6.16. The van der Waals surface area contributed by atoms with Crippen molar-refractivity contribution in [3.05, 3.63) is 0 Å². The van der Waals surface area contributed by atoms with Crippen molar-refractivity contribution in [3.63, 3.8) is 0 Å². The number of rotatable bonds is 7. The summed E-state index contributed by atoms with van der Waals surface area (Å²) in [7, 11) is 0. The van der Waals surface area contributed by atoms with Crippen molar-refractivity contribution in [2.75, 3.05) is 13.1 Å². The number of halogens is 1. The number of nitrogens with one attached hydrogen (secondary N) is 2. The predicted molar refractivity (Wildman–Crippen MR) is 87.3 cm³/mol. The van der Waals surface area contributed by atoms with Gasteiger partial charge in [0.2, 0.25) is 11.8 Å². The number of nitrogens with two attached hydrogens (primary N) is 1. The van der Waals surface area contributed by atoms with Gasteiger partial charge in [0, 0.05) is 12.5 Å². The highest BCUT2D eigenvalue weighted by molar-refractivity contribution is 5.85. The van der Waals surface area contributed by atoms with Crippen molar-refractivity contribution in [1.29, 1.82) is 0 Å². The van der Waals surface area contributed by atoms with Gasteiger partial charge < -0.3 is 16.4 Å². The van der Waals surface area contributed by atoms with Crippen LogP contribution in [0.3, 0.4) is 0 Å². The summed E-state index contributed by atoms with van der Waals surface area (Å²) >= 11 is 0. The monoisotopic (exact) mass is 319 g/mol. The summed E-state index contributed by atoms with van der Waals surface area (Å²) in [4.78, 5) is 23.4. The zero-order valence-electron chi connectivity index (χ0n) is 13.2. The van der Waals surface area contributed by atoms with Gasteiger partial charge in [-0.1, -0.05) is 26.7 Å². The molecule has 6 heteroatoms. The molecule has 1 rings (SSSR count). The fraction of sp³-hybridized carbons (Fsp3) is 0.867. The van der Waals surface area contributed by atoms with E-state index in [-0.39, 0.29) is 36.8 Å². The molecule has 2 amide bonds. The van der Waals surface area contributed by atoms with Crippen LogP contribution < -0.4 is 16.4 Å². The largest absolute Gasteiger partial charge is 0.352 e. The number of hydrogen-bond donors (Lipinski definition) is 3. The van der Waals surface area contributed by atoms with E-state index < -0.39 is 0 Å². The zero-order valence-corrected chi connectivity index (χ0v) is 14.0. The molecule has 0 saturated heterocycles. The lowest BCUT2D eigenvalue weighted by Crippen LogP contribution is -2.48. The summed E-state index contributed by atoms with van der Waals surface area (Å²) < 4.78 is 0. The van der Waals surface area contributed by atoms with Crippen LogP contribution in [0.15, 0.2) is 0 Å². The topological polar surface area (TPSA) is 84.2 Å². The molecule has 2 unspecified atom stereocenters. The molecular weight excluding hydrogens is 290 g/mol. The number of carbonyl (C=O) groups is 2. The third-order valence-electron chi connectivity index (χ3n) is 3.95. The maximum absolute atomic E-state index is 11.8. The Morgan fingerprint density at radius 2 is 1.86 bits per heavy atom. The SMILES string of the molecule is CC(C)CCC(=O)NCC(=O)NC1CCCCC1CN.Cl. The molecule has 1 aliphatic carbocycles. The molecule has 1 saturated carbocycles. The molecule has 0 bridgehead atoms. The molecule has 0 aromatic heterocycles. The highest BCUT2D eigenvalue weighted by Gasteiger charge is 2.25. The van der Waals surface area contributed by atoms with E-state index in [4.69, 9.17) is 5.73 Å². The first kappa shape index (κ1) is 20.2. The second kappa shape index (κ2) is 10.9. The zero-order chi connectivity index (χ0) is 15.0. The predicted octanol–water partition coefficient (Wildman–Crippen LogP) is 1.59. The summed E-state index contributed by atoms with van der Waals surface area (Å²) in [6, 6.07) is 0.175. The Morgan fingerprint density at radius 3 is 2.48 bits per heavy atom. The van der Waals surface area contributed by atoms with Crippen LogP contribution in [-0.2, 0) is 9.59 Å². The minimum Gasteiger partial charge on any atom is -0.352 e. The van der Waals surface area contributed by atoms with Crippen molar-refractivity contribution >= 4 is 24.2 Å². The van der Waals surface area contributed by atoms with Crippen LogP contribution >= 0.6 is 12.4 Å². The van der Waals surface area contributed by atoms with Crippen molar-refractivity contribution in [3.8, 4) is 0 Å². The molecule has 0 radical (unpaired) electrons. The van der Waals surface area contributed by atoms with E-state index in [0.29, 0.717) is 24.8 Å². The van der Waals surface area contributed by atoms with Gasteiger partial charge in [0.15, 0.2) is 0 Å². The highest BCUT2D eigenvalue weighted by atomic mass is 35.5. The molecule has 5 nitrogen and oxygen atoms in total. The lowest BCUT2D eigenvalue weighted by molar-refractivity contribution is -0.126. The summed E-state index contributed by atoms with van der Waals surface area (Å²) in [6.07, 6.45) is 5.75. The van der Waals surface area contributed by atoms with E-state index in [2.05, 4.69) is 24.5 Å². The molecule has 0 heterocycles. The quantitative estimate of drug-likeness (QED) is 0.666. The van der Waals surface area contributed by atoms with E-state index in [1.165, 1.54) is 6.42 Å². The Morgan fingerprint density at radius 1 is 1.19 bits per heavy atom. The van der Waals surface area contributed by atoms with Gasteiger partial charge in [0.25, 0.3) is 0 Å². The fourth-order valence-electron chi connectivity index (χ4n) is 2.62. The molecule has 124 valence electrons. The minimum atomic E-state index is -0.103. The number of hydrogen-bond acceptors (Lipinski definition) is 3. The lowest BCUT2D eigenvalue weighted by atomic mass is 9.84. The molecule has 4 N–H and O–H groups in total. The van der Waals surface area contributed by atoms with Crippen LogP contribution in [0.5, 0.6) is 0 Å². The van der Waals surface area contributed by atoms with E-state index in [9.17, 15) is 9.59 Å². The summed E-state index contributed by atoms with van der Waals surface area (Å²) in [5.74, 6) is 0.729. The average Bonchev–Trinajstić information content (AvgIpc) is 2.43. The van der Waals surface area contributed by atoms with Crippen LogP contribution in [-0.4, -0.2) is 30.9 Å². The van der Waals surface area contributed by atoms with E-state index in [0.717, 1.165) is 25.7 Å². The Kier molecular flexibility index (Phi) is 10.4. The standard InChI is InChI=1S/C15H29N3O2.ClH/c1-11(2)7-8-14(19)17-10-15(20)18-13-6-4-3-5-12(13)9-16;/h11-13H,3-10,16H2,1-2H3,(H,17,19)(H,18,20);1H. The molecule has 0 aromatic carbocycles. The van der Waals surface area contributed by atoms with Gasteiger partial charge in [-0.3, -0.25) is 9.59 Å². The minimum absolute atomic E-state index is 0. The smallest absolute Gasteiger partial charge is 0.239 e.